The lowest BCUT2D eigenvalue weighted by molar-refractivity contribution is -0.120. The highest BCUT2D eigenvalue weighted by Crippen LogP contribution is 2.42. The monoisotopic (exact) mass is 712 g/mol. The lowest BCUT2D eigenvalue weighted by Crippen LogP contribution is -2.35. The number of carbonyl (C=O) groups is 2. The average molecular weight is 714 g/mol. The zero-order chi connectivity index (χ0) is 34.8. The number of carbonyl (C=O) groups excluding carboxylic acids is 2. The smallest absolute Gasteiger partial charge is 0.220 e. The standard InChI is InChI=1S/C37H38Cl2N8O3/c1-47-20-22(16-41-18-24-11-14-32(49)44-24)29-19-42-35(46-36(29)47)28-8-4-6-26(34(28)39)25-5-3-7-27(33(25)38)30-12-9-21(37(45-30)50-2)15-40-17-23-10-13-31(48)43-23/h3-9,12,19-20,23-24,40-41H,10-11,13-18H2,1-2H3,(H,43,48)(H,44,49). The molecule has 7 rings (SSSR count). The number of ether oxygens (including phenoxy) is 1. The van der Waals surface area contributed by atoms with Gasteiger partial charge in [-0.3, -0.25) is 9.59 Å². The van der Waals surface area contributed by atoms with Crippen molar-refractivity contribution in [2.75, 3.05) is 20.2 Å². The number of methoxy groups -OCH3 is 1. The fourth-order valence-corrected chi connectivity index (χ4v) is 7.34. The highest BCUT2D eigenvalue weighted by atomic mass is 35.5. The topological polar surface area (TPSA) is 135 Å². The molecule has 2 amide bonds. The van der Waals surface area contributed by atoms with Crippen molar-refractivity contribution in [1.82, 2.24) is 40.8 Å². The highest BCUT2D eigenvalue weighted by molar-refractivity contribution is 6.39. The Kier molecular flexibility index (Phi) is 10.0. The van der Waals surface area contributed by atoms with E-state index in [0.29, 0.717) is 72.0 Å². The largest absolute Gasteiger partial charge is 0.481 e. The number of amides is 2. The molecule has 2 atom stereocenters. The first-order chi connectivity index (χ1) is 24.3. The second-order valence-electron chi connectivity index (χ2n) is 12.8. The maximum absolute atomic E-state index is 11.5. The second kappa shape index (κ2) is 14.7. The Bertz CT molecular complexity index is 2080. The van der Waals surface area contributed by atoms with Gasteiger partial charge in [-0.2, -0.15) is 0 Å². The van der Waals surface area contributed by atoms with Crippen LogP contribution in [0, 0.1) is 0 Å². The van der Waals surface area contributed by atoms with E-state index in [4.69, 9.17) is 42.9 Å². The molecular weight excluding hydrogens is 675 g/mol. The number of nitrogens with zero attached hydrogens (tertiary/aromatic N) is 4. The van der Waals surface area contributed by atoms with Gasteiger partial charge < -0.3 is 30.6 Å². The van der Waals surface area contributed by atoms with E-state index in [0.717, 1.165) is 51.7 Å². The zero-order valence-electron chi connectivity index (χ0n) is 27.9. The van der Waals surface area contributed by atoms with Gasteiger partial charge in [0.1, 0.15) is 5.65 Å². The summed E-state index contributed by atoms with van der Waals surface area (Å²) >= 11 is 14.2. The van der Waals surface area contributed by atoms with Crippen molar-refractivity contribution in [3.05, 3.63) is 82.1 Å². The van der Waals surface area contributed by atoms with Gasteiger partial charge >= 0.3 is 0 Å². The molecular formula is C37H38Cl2N8O3. The molecule has 2 unspecified atom stereocenters. The van der Waals surface area contributed by atoms with Crippen LogP contribution in [0.15, 0.2) is 60.9 Å². The Morgan fingerprint density at radius 1 is 0.820 bits per heavy atom. The van der Waals surface area contributed by atoms with Crippen molar-refractivity contribution in [1.29, 1.82) is 0 Å². The molecule has 4 N–H and O–H groups in total. The van der Waals surface area contributed by atoms with Crippen molar-refractivity contribution in [3.8, 4) is 39.7 Å². The van der Waals surface area contributed by atoms with Crippen molar-refractivity contribution < 1.29 is 14.3 Å². The van der Waals surface area contributed by atoms with Crippen LogP contribution in [0.1, 0.15) is 36.8 Å². The molecule has 0 aliphatic carbocycles. The molecule has 5 heterocycles. The van der Waals surface area contributed by atoms with E-state index in [1.807, 2.05) is 66.3 Å². The van der Waals surface area contributed by atoms with Crippen LogP contribution in [-0.4, -0.2) is 63.6 Å². The molecule has 0 saturated carbocycles. The number of pyridine rings is 1. The lowest BCUT2D eigenvalue weighted by Gasteiger charge is -2.15. The maximum Gasteiger partial charge on any atom is 0.220 e. The molecule has 0 bridgehead atoms. The molecule has 0 radical (unpaired) electrons. The summed E-state index contributed by atoms with van der Waals surface area (Å²) in [4.78, 5) is 37.5. The summed E-state index contributed by atoms with van der Waals surface area (Å²) < 4.78 is 7.64. The number of benzene rings is 2. The van der Waals surface area contributed by atoms with Gasteiger partial charge in [0.05, 0.1) is 22.8 Å². The summed E-state index contributed by atoms with van der Waals surface area (Å²) in [6.07, 6.45) is 6.74. The molecule has 258 valence electrons. The van der Waals surface area contributed by atoms with E-state index in [1.54, 1.807) is 7.11 Å². The van der Waals surface area contributed by atoms with Crippen LogP contribution < -0.4 is 26.0 Å². The van der Waals surface area contributed by atoms with E-state index in [1.165, 1.54) is 0 Å². The van der Waals surface area contributed by atoms with E-state index in [9.17, 15) is 9.59 Å². The molecule has 13 heteroatoms. The summed E-state index contributed by atoms with van der Waals surface area (Å²) in [6, 6.07) is 15.8. The molecule has 2 aliphatic rings. The van der Waals surface area contributed by atoms with Gasteiger partial charge in [0.2, 0.25) is 17.7 Å². The zero-order valence-corrected chi connectivity index (χ0v) is 29.4. The number of rotatable bonds is 12. The Labute approximate surface area is 300 Å². The SMILES string of the molecule is COc1nc(-c2cccc(-c3cccc(-c4ncc5c(CNCC6CCC(=O)N6)cn(C)c5n4)c3Cl)c2Cl)ccc1CNCC1CCC(=O)N1. The van der Waals surface area contributed by atoms with Gasteiger partial charge in [-0.15, -0.1) is 0 Å². The van der Waals surface area contributed by atoms with Crippen LogP contribution in [0.25, 0.3) is 44.8 Å². The molecule has 2 fully saturated rings. The summed E-state index contributed by atoms with van der Waals surface area (Å²) in [7, 11) is 3.56. The van der Waals surface area contributed by atoms with Crippen LogP contribution in [-0.2, 0) is 29.7 Å². The summed E-state index contributed by atoms with van der Waals surface area (Å²) in [5.74, 6) is 1.22. The minimum Gasteiger partial charge on any atom is -0.481 e. The van der Waals surface area contributed by atoms with Crippen molar-refractivity contribution in [2.24, 2.45) is 7.05 Å². The van der Waals surface area contributed by atoms with Crippen LogP contribution >= 0.6 is 23.2 Å². The van der Waals surface area contributed by atoms with Gasteiger partial charge in [-0.05, 0) is 30.5 Å². The highest BCUT2D eigenvalue weighted by Gasteiger charge is 2.22. The Balaban J connectivity index is 1.11. The van der Waals surface area contributed by atoms with Crippen LogP contribution in [0.4, 0.5) is 0 Å². The van der Waals surface area contributed by atoms with E-state index >= 15 is 0 Å². The molecule has 2 aromatic carbocycles. The molecule has 5 aromatic rings. The predicted octanol–water partition coefficient (Wildman–Crippen LogP) is 5.42. The molecule has 11 nitrogen and oxygen atoms in total. The third kappa shape index (κ3) is 7.04. The normalized spacial score (nSPS) is 17.4. The third-order valence-corrected chi connectivity index (χ3v) is 10.1. The molecule has 2 aliphatic heterocycles. The Morgan fingerprint density at radius 2 is 1.42 bits per heavy atom. The van der Waals surface area contributed by atoms with E-state index in [2.05, 4.69) is 27.5 Å². The van der Waals surface area contributed by atoms with Gasteiger partial charge in [0.15, 0.2) is 5.82 Å². The van der Waals surface area contributed by atoms with Gasteiger partial charge in [-0.1, -0.05) is 59.6 Å². The first-order valence-electron chi connectivity index (χ1n) is 16.7. The summed E-state index contributed by atoms with van der Waals surface area (Å²) in [5.41, 5.74) is 6.40. The van der Waals surface area contributed by atoms with E-state index in [-0.39, 0.29) is 23.9 Å². The minimum absolute atomic E-state index is 0.0988. The Morgan fingerprint density at radius 3 is 2.04 bits per heavy atom. The van der Waals surface area contributed by atoms with Crippen molar-refractivity contribution >= 4 is 46.0 Å². The third-order valence-electron chi connectivity index (χ3n) is 9.32. The van der Waals surface area contributed by atoms with Gasteiger partial charge in [-0.25, -0.2) is 15.0 Å². The lowest BCUT2D eigenvalue weighted by atomic mass is 9.99. The Hall–Kier alpha value is -4.55. The molecule has 2 saturated heterocycles. The first kappa shape index (κ1) is 33.9. The number of aryl methyl sites for hydroxylation is 1. The number of hydrogen-bond donors (Lipinski definition) is 4. The maximum atomic E-state index is 11.5. The fourth-order valence-electron chi connectivity index (χ4n) is 6.71. The average Bonchev–Trinajstić information content (AvgIpc) is 3.83. The second-order valence-corrected chi connectivity index (χ2v) is 13.5. The van der Waals surface area contributed by atoms with E-state index < -0.39 is 0 Å². The fraction of sp³-hybridized carbons (Fsp3) is 0.324. The van der Waals surface area contributed by atoms with Crippen LogP contribution in [0.5, 0.6) is 5.88 Å². The van der Waals surface area contributed by atoms with Crippen molar-refractivity contribution in [2.45, 2.75) is 50.9 Å². The molecule has 0 spiro atoms. The first-order valence-corrected chi connectivity index (χ1v) is 17.5. The number of hydrogen-bond acceptors (Lipinski definition) is 8. The molecule has 50 heavy (non-hydrogen) atoms. The van der Waals surface area contributed by atoms with Crippen molar-refractivity contribution in [3.63, 3.8) is 0 Å². The summed E-state index contributed by atoms with van der Waals surface area (Å²) in [5, 5.41) is 14.8. The number of aromatic nitrogens is 4. The van der Waals surface area contributed by atoms with Crippen LogP contribution in [0.3, 0.4) is 0 Å². The quantitative estimate of drug-likeness (QED) is 0.135. The number of nitrogens with one attached hydrogen (secondary N) is 4. The minimum atomic E-state index is 0.0988. The van der Waals surface area contributed by atoms with Gasteiger partial charge in [0.25, 0.3) is 0 Å². The van der Waals surface area contributed by atoms with Gasteiger partial charge in [0, 0.05) is 104 Å². The predicted molar refractivity (Wildman–Crippen MR) is 195 cm³/mol. The van der Waals surface area contributed by atoms with Crippen LogP contribution in [0.2, 0.25) is 10.0 Å². The number of fused-ring (bicyclic) bond motifs is 1. The summed E-state index contributed by atoms with van der Waals surface area (Å²) in [6.45, 7) is 2.58. The molecule has 3 aromatic heterocycles. The number of halogens is 2.